The molecular formula is C48H30O. The highest BCUT2D eigenvalue weighted by atomic mass is 16.3. The minimum Gasteiger partial charge on any atom is -0.455 e. The van der Waals surface area contributed by atoms with Crippen LogP contribution in [0.15, 0.2) is 186 Å². The summed E-state index contributed by atoms with van der Waals surface area (Å²) in [6.07, 6.45) is 0. The Kier molecular flexibility index (Phi) is 5.20. The quantitative estimate of drug-likeness (QED) is 0.177. The second-order valence-electron chi connectivity index (χ2n) is 12.4. The van der Waals surface area contributed by atoms with Crippen molar-refractivity contribution in [3.63, 3.8) is 0 Å². The maximum absolute atomic E-state index is 9.67. The molecule has 0 saturated carbocycles. The van der Waals surface area contributed by atoms with Crippen molar-refractivity contribution in [2.24, 2.45) is 0 Å². The molecule has 1 aromatic heterocycles. The lowest BCUT2D eigenvalue weighted by Crippen LogP contribution is -1.90. The summed E-state index contributed by atoms with van der Waals surface area (Å²) in [5, 5.41) is 5.96. The van der Waals surface area contributed by atoms with Crippen molar-refractivity contribution in [1.29, 1.82) is 0 Å². The van der Waals surface area contributed by atoms with Gasteiger partial charge in [0.05, 0.1) is 6.85 Å². The van der Waals surface area contributed by atoms with Crippen LogP contribution in [-0.2, 0) is 0 Å². The molecule has 0 saturated heterocycles. The Balaban J connectivity index is 1.22. The van der Waals surface area contributed by atoms with E-state index in [0.29, 0.717) is 33.2 Å². The van der Waals surface area contributed by atoms with E-state index in [4.69, 9.17) is 4.42 Å². The third kappa shape index (κ3) is 4.47. The summed E-state index contributed by atoms with van der Waals surface area (Å²) < 4.78 is 53.8. The van der Waals surface area contributed by atoms with Crippen LogP contribution < -0.4 is 0 Å². The zero-order chi connectivity index (χ0) is 36.7. The van der Waals surface area contributed by atoms with E-state index in [1.54, 1.807) is 6.07 Å². The molecule has 10 rings (SSSR count). The van der Waals surface area contributed by atoms with Gasteiger partial charge >= 0.3 is 0 Å². The number of benzene rings is 9. The Morgan fingerprint density at radius 2 is 0.939 bits per heavy atom. The largest absolute Gasteiger partial charge is 0.455 e. The standard InChI is InChI=1S/C48H30O/c1-3-12-31(13-4-1)35-26-27-39-44-21-11-20-38(48(44)49-45(39)30-35)36-24-22-34-29-37(25-23-33(34)28-36)47-42-18-9-7-16-40(42)46(32-14-5-2-6-15-32)41-17-8-10-19-43(41)47/h1-30H/i22D,23D,24D,25D,29D. The Hall–Kier alpha value is -6.44. The molecule has 49 heavy (non-hydrogen) atoms. The number of hydrogen-bond donors (Lipinski definition) is 0. The summed E-state index contributed by atoms with van der Waals surface area (Å²) in [6, 6.07) is 49.5. The number of para-hydroxylation sites is 1. The van der Waals surface area contributed by atoms with Crippen LogP contribution in [-0.4, -0.2) is 0 Å². The predicted octanol–water partition coefficient (Wildman–Crippen LogP) is 13.7. The molecule has 0 N–H and O–H groups in total. The van der Waals surface area contributed by atoms with Gasteiger partial charge in [0.1, 0.15) is 11.2 Å². The van der Waals surface area contributed by atoms with Gasteiger partial charge in [-0.15, -0.1) is 0 Å². The van der Waals surface area contributed by atoms with E-state index >= 15 is 0 Å². The monoisotopic (exact) mass is 627 g/mol. The molecule has 0 bridgehead atoms. The van der Waals surface area contributed by atoms with Crippen molar-refractivity contribution >= 4 is 54.3 Å². The summed E-state index contributed by atoms with van der Waals surface area (Å²) in [5.41, 5.74) is 7.54. The first kappa shape index (κ1) is 23.0. The van der Waals surface area contributed by atoms with Crippen molar-refractivity contribution in [1.82, 2.24) is 0 Å². The van der Waals surface area contributed by atoms with Gasteiger partial charge in [0.25, 0.3) is 0 Å². The first-order valence-electron chi connectivity index (χ1n) is 18.9. The van der Waals surface area contributed by atoms with Crippen molar-refractivity contribution < 1.29 is 11.3 Å². The Morgan fingerprint density at radius 1 is 0.367 bits per heavy atom. The van der Waals surface area contributed by atoms with Crippen LogP contribution in [0.2, 0.25) is 0 Å². The smallest absolute Gasteiger partial charge is 0.143 e. The van der Waals surface area contributed by atoms with E-state index in [9.17, 15) is 6.85 Å². The summed E-state index contributed by atoms with van der Waals surface area (Å²) in [7, 11) is 0. The molecule has 228 valence electrons. The highest BCUT2D eigenvalue weighted by molar-refractivity contribution is 6.21. The third-order valence-electron chi connectivity index (χ3n) is 9.59. The molecule has 1 heterocycles. The first-order chi connectivity index (χ1) is 26.4. The molecule has 9 aromatic carbocycles. The number of fused-ring (bicyclic) bond motifs is 6. The van der Waals surface area contributed by atoms with E-state index < -0.39 is 0 Å². The topological polar surface area (TPSA) is 13.1 Å². The summed E-state index contributed by atoms with van der Waals surface area (Å²) in [6.45, 7) is 0. The molecule has 1 heteroatoms. The van der Waals surface area contributed by atoms with Gasteiger partial charge in [-0.1, -0.05) is 158 Å². The predicted molar refractivity (Wildman–Crippen MR) is 208 cm³/mol. The van der Waals surface area contributed by atoms with Gasteiger partial charge in [-0.3, -0.25) is 0 Å². The number of rotatable bonds is 4. The average molecular weight is 628 g/mol. The summed E-state index contributed by atoms with van der Waals surface area (Å²) in [5.74, 6) is 0. The van der Waals surface area contributed by atoms with Crippen LogP contribution in [0.25, 0.3) is 98.8 Å². The molecule has 0 fully saturated rings. The lowest BCUT2D eigenvalue weighted by atomic mass is 9.85. The van der Waals surface area contributed by atoms with Crippen LogP contribution >= 0.6 is 0 Å². The molecule has 0 unspecified atom stereocenters. The second kappa shape index (κ2) is 11.1. The minimum absolute atomic E-state index is 0.0331. The molecular weight excluding hydrogens is 593 g/mol. The fourth-order valence-electron chi connectivity index (χ4n) is 7.34. The number of furan rings is 1. The molecule has 0 aliphatic rings. The Labute approximate surface area is 291 Å². The maximum atomic E-state index is 9.67. The highest BCUT2D eigenvalue weighted by Gasteiger charge is 2.17. The maximum Gasteiger partial charge on any atom is 0.143 e. The van der Waals surface area contributed by atoms with Gasteiger partial charge in [0.15, 0.2) is 0 Å². The van der Waals surface area contributed by atoms with Crippen molar-refractivity contribution in [2.75, 3.05) is 0 Å². The minimum atomic E-state index is -0.156. The van der Waals surface area contributed by atoms with Gasteiger partial charge < -0.3 is 4.42 Å². The molecule has 10 aromatic rings. The van der Waals surface area contributed by atoms with Gasteiger partial charge in [-0.2, -0.15) is 0 Å². The molecule has 0 radical (unpaired) electrons. The van der Waals surface area contributed by atoms with Crippen molar-refractivity contribution in [3.05, 3.63) is 182 Å². The van der Waals surface area contributed by atoms with Gasteiger partial charge in [0, 0.05) is 16.3 Å². The third-order valence-corrected chi connectivity index (χ3v) is 9.59. The van der Waals surface area contributed by atoms with E-state index in [-0.39, 0.29) is 41.2 Å². The van der Waals surface area contributed by atoms with E-state index in [1.807, 2.05) is 103 Å². The highest BCUT2D eigenvalue weighted by Crippen LogP contribution is 2.44. The van der Waals surface area contributed by atoms with E-state index in [0.717, 1.165) is 54.6 Å². The Bertz CT molecular complexity index is 3090. The van der Waals surface area contributed by atoms with Crippen molar-refractivity contribution in [3.8, 4) is 44.5 Å². The molecule has 0 atom stereocenters. The molecule has 1 nitrogen and oxygen atoms in total. The number of hydrogen-bond acceptors (Lipinski definition) is 1. The van der Waals surface area contributed by atoms with E-state index in [2.05, 4.69) is 42.5 Å². The fraction of sp³-hybridized carbons (Fsp3) is 0. The molecule has 0 aliphatic heterocycles. The van der Waals surface area contributed by atoms with Gasteiger partial charge in [-0.25, -0.2) is 0 Å². The van der Waals surface area contributed by atoms with Gasteiger partial charge in [0.2, 0.25) is 0 Å². The Morgan fingerprint density at radius 3 is 1.63 bits per heavy atom. The lowest BCUT2D eigenvalue weighted by molar-refractivity contribution is 0.670. The molecule has 0 amide bonds. The lowest BCUT2D eigenvalue weighted by Gasteiger charge is -2.18. The molecule has 0 spiro atoms. The van der Waals surface area contributed by atoms with Crippen molar-refractivity contribution in [2.45, 2.75) is 0 Å². The zero-order valence-corrected chi connectivity index (χ0v) is 26.3. The second-order valence-corrected chi connectivity index (χ2v) is 12.4. The fourth-order valence-corrected chi connectivity index (χ4v) is 7.34. The SMILES string of the molecule is [2H]c1c(-c2c3ccccc3c(-c3ccccc3)c3ccccc23)c([2H])c2c([2H])c([2H])c(-c3cccc4c3oc3cc(-c5ccccc5)ccc34)cc2c1[2H]. The van der Waals surface area contributed by atoms with Crippen LogP contribution in [0.1, 0.15) is 6.85 Å². The molecule has 0 aliphatic carbocycles. The zero-order valence-electron chi connectivity index (χ0n) is 31.3. The van der Waals surface area contributed by atoms with E-state index in [1.165, 1.54) is 0 Å². The average Bonchev–Trinajstić information content (AvgIpc) is 3.60. The van der Waals surface area contributed by atoms with Gasteiger partial charge in [-0.05, 0) is 95.5 Å². The van der Waals surface area contributed by atoms with Crippen LogP contribution in [0.5, 0.6) is 0 Å². The normalized spacial score (nSPS) is 13.1. The van der Waals surface area contributed by atoms with Crippen LogP contribution in [0.3, 0.4) is 0 Å². The first-order valence-corrected chi connectivity index (χ1v) is 16.4. The van der Waals surface area contributed by atoms with Crippen LogP contribution in [0.4, 0.5) is 0 Å². The summed E-state index contributed by atoms with van der Waals surface area (Å²) >= 11 is 0. The van der Waals surface area contributed by atoms with Crippen LogP contribution in [0, 0.1) is 0 Å². The summed E-state index contributed by atoms with van der Waals surface area (Å²) in [4.78, 5) is 0.